The second kappa shape index (κ2) is 6.25. The minimum Gasteiger partial charge on any atom is -0.444 e. The van der Waals surface area contributed by atoms with E-state index in [-0.39, 0.29) is 29.0 Å². The third-order valence-electron chi connectivity index (χ3n) is 3.55. The number of hydrogen-bond donors (Lipinski definition) is 1. The molecule has 1 saturated carbocycles. The fraction of sp³-hybridized carbons (Fsp3) is 0.786. The largest absolute Gasteiger partial charge is 0.444 e. The van der Waals surface area contributed by atoms with Gasteiger partial charge in [0.2, 0.25) is 5.91 Å². The number of imide groups is 1. The minimum absolute atomic E-state index is 0.159. The van der Waals surface area contributed by atoms with Crippen molar-refractivity contribution in [2.75, 3.05) is 5.75 Å². The van der Waals surface area contributed by atoms with E-state index in [1.165, 1.54) is 4.90 Å². The molecule has 1 saturated heterocycles. The fourth-order valence-corrected chi connectivity index (χ4v) is 3.49. The normalized spacial score (nSPS) is 26.9. The Morgan fingerprint density at radius 3 is 2.52 bits per heavy atom. The van der Waals surface area contributed by atoms with E-state index in [2.05, 4.69) is 5.32 Å². The Kier molecular flexibility index (Phi) is 4.81. The summed E-state index contributed by atoms with van der Waals surface area (Å²) in [6.45, 7) is 5.40. The lowest BCUT2D eigenvalue weighted by atomic mass is 9.89. The van der Waals surface area contributed by atoms with Crippen LogP contribution >= 0.6 is 11.8 Å². The highest BCUT2D eigenvalue weighted by Gasteiger charge is 2.41. The van der Waals surface area contributed by atoms with Gasteiger partial charge in [-0.1, -0.05) is 24.6 Å². The molecule has 1 aliphatic carbocycles. The van der Waals surface area contributed by atoms with E-state index >= 15 is 0 Å². The van der Waals surface area contributed by atoms with Crippen LogP contribution in [0, 0.1) is 0 Å². The predicted octanol–water partition coefficient (Wildman–Crippen LogP) is 2.52. The molecule has 0 aromatic rings. The van der Waals surface area contributed by atoms with Crippen molar-refractivity contribution in [3.63, 3.8) is 0 Å². The lowest BCUT2D eigenvalue weighted by Crippen LogP contribution is -2.55. The Morgan fingerprint density at radius 1 is 1.29 bits per heavy atom. The first-order valence-corrected chi connectivity index (χ1v) is 8.25. The zero-order chi connectivity index (χ0) is 15.6. The van der Waals surface area contributed by atoms with Crippen LogP contribution in [0.15, 0.2) is 0 Å². The second-order valence-corrected chi connectivity index (χ2v) is 7.35. The minimum atomic E-state index is -0.566. The van der Waals surface area contributed by atoms with E-state index in [1.54, 1.807) is 20.8 Å². The Labute approximate surface area is 129 Å². The zero-order valence-electron chi connectivity index (χ0n) is 12.7. The Balaban J connectivity index is 2.04. The van der Waals surface area contributed by atoms with Crippen molar-refractivity contribution in [3.05, 3.63) is 0 Å². The highest BCUT2D eigenvalue weighted by molar-refractivity contribution is 8.14. The quantitative estimate of drug-likeness (QED) is 0.847. The molecule has 118 valence electrons. The van der Waals surface area contributed by atoms with Gasteiger partial charge in [-0.2, -0.15) is 0 Å². The predicted molar refractivity (Wildman–Crippen MR) is 80.1 cm³/mol. The van der Waals surface area contributed by atoms with E-state index in [0.717, 1.165) is 37.4 Å². The molecule has 0 spiro atoms. The molecule has 2 aliphatic rings. The number of nitrogens with one attached hydrogen (secondary N) is 1. The van der Waals surface area contributed by atoms with Gasteiger partial charge in [0, 0.05) is 0 Å². The summed E-state index contributed by atoms with van der Waals surface area (Å²) in [5.41, 5.74) is -0.566. The van der Waals surface area contributed by atoms with E-state index in [0.29, 0.717) is 0 Å². The standard InChI is InChI=1S/C14H22N2O4S/c1-14(2,3)20-12(18)15-9-6-4-5-7-10(9)16-11(17)8-21-13(16)19/h9-10H,4-8H2,1-3H3,(H,15,18). The summed E-state index contributed by atoms with van der Waals surface area (Å²) in [7, 11) is 0. The maximum Gasteiger partial charge on any atom is 0.407 e. The van der Waals surface area contributed by atoms with Crippen molar-refractivity contribution in [1.29, 1.82) is 0 Å². The molecule has 2 unspecified atom stereocenters. The molecule has 0 bridgehead atoms. The van der Waals surface area contributed by atoms with Crippen LogP contribution in [0.1, 0.15) is 46.5 Å². The first-order chi connectivity index (χ1) is 9.78. The van der Waals surface area contributed by atoms with Gasteiger partial charge < -0.3 is 10.1 Å². The Morgan fingerprint density at radius 2 is 1.95 bits per heavy atom. The smallest absolute Gasteiger partial charge is 0.407 e. The summed E-state index contributed by atoms with van der Waals surface area (Å²) in [6.07, 6.45) is 2.93. The van der Waals surface area contributed by atoms with E-state index in [4.69, 9.17) is 4.74 Å². The third-order valence-corrected chi connectivity index (χ3v) is 4.38. The van der Waals surface area contributed by atoms with Crippen LogP contribution in [0.5, 0.6) is 0 Å². The molecular formula is C14H22N2O4S. The maximum atomic E-state index is 11.9. The molecule has 0 aromatic heterocycles. The molecule has 1 aliphatic heterocycles. The number of rotatable bonds is 2. The molecule has 0 radical (unpaired) electrons. The van der Waals surface area contributed by atoms with Crippen LogP contribution < -0.4 is 5.32 Å². The van der Waals surface area contributed by atoms with Gasteiger partial charge in [0.05, 0.1) is 17.8 Å². The van der Waals surface area contributed by atoms with Gasteiger partial charge in [-0.3, -0.25) is 14.5 Å². The molecule has 1 heterocycles. The number of carbonyl (C=O) groups is 3. The van der Waals surface area contributed by atoms with Crippen LogP contribution in [0.4, 0.5) is 9.59 Å². The highest BCUT2D eigenvalue weighted by atomic mass is 32.2. The Hall–Kier alpha value is -1.24. The van der Waals surface area contributed by atoms with Gasteiger partial charge in [0.1, 0.15) is 5.60 Å². The van der Waals surface area contributed by atoms with E-state index in [9.17, 15) is 14.4 Å². The highest BCUT2D eigenvalue weighted by Crippen LogP contribution is 2.30. The maximum absolute atomic E-state index is 11.9. The molecule has 7 heteroatoms. The van der Waals surface area contributed by atoms with Crippen LogP contribution in [0.25, 0.3) is 0 Å². The van der Waals surface area contributed by atoms with Gasteiger partial charge in [0.25, 0.3) is 5.24 Å². The van der Waals surface area contributed by atoms with Crippen molar-refractivity contribution in [2.24, 2.45) is 0 Å². The van der Waals surface area contributed by atoms with Crippen molar-refractivity contribution < 1.29 is 19.1 Å². The van der Waals surface area contributed by atoms with Crippen LogP contribution in [-0.2, 0) is 9.53 Å². The topological polar surface area (TPSA) is 75.7 Å². The second-order valence-electron chi connectivity index (χ2n) is 6.42. The van der Waals surface area contributed by atoms with Gasteiger partial charge >= 0.3 is 6.09 Å². The number of hydrogen-bond acceptors (Lipinski definition) is 5. The summed E-state index contributed by atoms with van der Waals surface area (Å²) in [5, 5.41) is 2.62. The molecule has 1 N–H and O–H groups in total. The molecule has 6 nitrogen and oxygen atoms in total. The van der Waals surface area contributed by atoms with Gasteiger partial charge in [-0.25, -0.2) is 4.79 Å². The summed E-state index contributed by atoms with van der Waals surface area (Å²) < 4.78 is 5.26. The third kappa shape index (κ3) is 4.12. The van der Waals surface area contributed by atoms with E-state index in [1.807, 2.05) is 0 Å². The first-order valence-electron chi connectivity index (χ1n) is 7.26. The average molecular weight is 314 g/mol. The number of thioether (sulfide) groups is 1. The molecule has 21 heavy (non-hydrogen) atoms. The van der Waals surface area contributed by atoms with Crippen molar-refractivity contribution in [3.8, 4) is 0 Å². The summed E-state index contributed by atoms with van der Waals surface area (Å²) >= 11 is 1.03. The van der Waals surface area contributed by atoms with E-state index < -0.39 is 11.7 Å². The molecule has 0 aromatic carbocycles. The SMILES string of the molecule is CC(C)(C)OC(=O)NC1CCCCC1N1C(=O)CSC1=O. The van der Waals surface area contributed by atoms with Crippen molar-refractivity contribution in [1.82, 2.24) is 10.2 Å². The van der Waals surface area contributed by atoms with Crippen molar-refractivity contribution in [2.45, 2.75) is 64.1 Å². The van der Waals surface area contributed by atoms with Gasteiger partial charge in [0.15, 0.2) is 0 Å². The number of ether oxygens (including phenoxy) is 1. The number of alkyl carbamates (subject to hydrolysis) is 1. The zero-order valence-corrected chi connectivity index (χ0v) is 13.5. The number of nitrogens with zero attached hydrogens (tertiary/aromatic N) is 1. The fourth-order valence-electron chi connectivity index (χ4n) is 2.73. The van der Waals surface area contributed by atoms with Crippen LogP contribution in [-0.4, -0.2) is 45.6 Å². The van der Waals surface area contributed by atoms with Gasteiger partial charge in [-0.05, 0) is 33.6 Å². The molecule has 2 fully saturated rings. The van der Waals surface area contributed by atoms with Crippen molar-refractivity contribution >= 4 is 29.0 Å². The molecular weight excluding hydrogens is 292 g/mol. The molecule has 2 rings (SSSR count). The van der Waals surface area contributed by atoms with Crippen LogP contribution in [0.3, 0.4) is 0 Å². The number of carbonyl (C=O) groups excluding carboxylic acids is 3. The average Bonchev–Trinajstić information content (AvgIpc) is 2.68. The first kappa shape index (κ1) is 16.1. The molecule has 3 amide bonds. The lowest BCUT2D eigenvalue weighted by Gasteiger charge is -2.37. The summed E-state index contributed by atoms with van der Waals surface area (Å²) in [5.74, 6) is 0.0435. The summed E-state index contributed by atoms with van der Waals surface area (Å²) in [6, 6.07) is -0.471. The van der Waals surface area contributed by atoms with Crippen LogP contribution in [0.2, 0.25) is 0 Å². The monoisotopic (exact) mass is 314 g/mol. The summed E-state index contributed by atoms with van der Waals surface area (Å²) in [4.78, 5) is 37.0. The van der Waals surface area contributed by atoms with Gasteiger partial charge in [-0.15, -0.1) is 0 Å². The molecule has 2 atom stereocenters. The Bertz CT molecular complexity index is 431. The lowest BCUT2D eigenvalue weighted by molar-refractivity contribution is -0.127. The number of amides is 3.